The van der Waals surface area contributed by atoms with Gasteiger partial charge in [0.15, 0.2) is 0 Å². The fourth-order valence-corrected chi connectivity index (χ4v) is 2.03. The van der Waals surface area contributed by atoms with Crippen LogP contribution in [0.2, 0.25) is 0 Å². The summed E-state index contributed by atoms with van der Waals surface area (Å²) >= 11 is 0. The molecule has 0 aliphatic carbocycles. The number of hydrogen-bond donors (Lipinski definition) is 2. The lowest BCUT2D eigenvalue weighted by atomic mass is 10.1. The van der Waals surface area contributed by atoms with Crippen molar-refractivity contribution in [1.82, 2.24) is 0 Å². The van der Waals surface area contributed by atoms with Crippen LogP contribution in [0.1, 0.15) is 11.1 Å². The molecule has 0 radical (unpaired) electrons. The predicted molar refractivity (Wildman–Crippen MR) is 86.1 cm³/mol. The summed E-state index contributed by atoms with van der Waals surface area (Å²) in [6.07, 6.45) is 0. The molecule has 0 spiro atoms. The van der Waals surface area contributed by atoms with E-state index >= 15 is 0 Å². The van der Waals surface area contributed by atoms with Crippen molar-refractivity contribution in [3.8, 4) is 5.75 Å². The molecule has 0 heterocycles. The van der Waals surface area contributed by atoms with Crippen molar-refractivity contribution in [3.05, 3.63) is 53.6 Å². The number of benzene rings is 2. The van der Waals surface area contributed by atoms with Gasteiger partial charge in [0.2, 0.25) is 5.91 Å². The molecule has 2 rings (SSSR count). The fourth-order valence-electron chi connectivity index (χ4n) is 2.03. The first-order chi connectivity index (χ1) is 10.9. The average Bonchev–Trinajstić information content (AvgIpc) is 2.50. The lowest BCUT2D eigenvalue weighted by molar-refractivity contribution is -0.114. The molecule has 6 heteroatoms. The molecule has 2 N–H and O–H groups in total. The Balaban J connectivity index is 1.88. The normalized spacial score (nSPS) is 10.5. The average molecular weight is 320 g/mol. The van der Waals surface area contributed by atoms with E-state index in [0.717, 1.165) is 16.8 Å². The maximum Gasteiger partial charge on any atom is 0.387 e. The summed E-state index contributed by atoms with van der Waals surface area (Å²) in [6, 6.07) is 11.7. The number of alkyl halides is 2. The lowest BCUT2D eigenvalue weighted by Crippen LogP contribution is -2.22. The molecule has 0 saturated carbocycles. The van der Waals surface area contributed by atoms with Gasteiger partial charge in [0.1, 0.15) is 5.75 Å². The Morgan fingerprint density at radius 2 is 1.83 bits per heavy atom. The molecule has 0 saturated heterocycles. The molecule has 2 aromatic rings. The van der Waals surface area contributed by atoms with Crippen molar-refractivity contribution in [1.29, 1.82) is 0 Å². The summed E-state index contributed by atoms with van der Waals surface area (Å²) < 4.78 is 28.4. The number of hydrogen-bond acceptors (Lipinski definition) is 3. The van der Waals surface area contributed by atoms with Crippen LogP contribution < -0.4 is 15.4 Å². The Morgan fingerprint density at radius 1 is 1.13 bits per heavy atom. The zero-order chi connectivity index (χ0) is 16.8. The first kappa shape index (κ1) is 16.7. The van der Waals surface area contributed by atoms with Gasteiger partial charge >= 0.3 is 6.61 Å². The Morgan fingerprint density at radius 3 is 2.48 bits per heavy atom. The highest BCUT2D eigenvalue weighted by Crippen LogP contribution is 2.18. The number of amides is 1. The first-order valence-electron chi connectivity index (χ1n) is 7.10. The molecule has 0 aromatic heterocycles. The molecule has 0 unspecified atom stereocenters. The summed E-state index contributed by atoms with van der Waals surface area (Å²) in [4.78, 5) is 11.9. The maximum absolute atomic E-state index is 12.1. The van der Waals surface area contributed by atoms with Gasteiger partial charge in [-0.3, -0.25) is 4.79 Å². The van der Waals surface area contributed by atoms with Crippen LogP contribution in [0, 0.1) is 13.8 Å². The van der Waals surface area contributed by atoms with Crippen molar-refractivity contribution in [2.24, 2.45) is 0 Å². The van der Waals surface area contributed by atoms with E-state index in [-0.39, 0.29) is 18.2 Å². The second kappa shape index (κ2) is 7.58. The molecule has 2 aromatic carbocycles. The van der Waals surface area contributed by atoms with Crippen LogP contribution >= 0.6 is 0 Å². The number of carbonyl (C=O) groups is 1. The van der Waals surface area contributed by atoms with Gasteiger partial charge < -0.3 is 15.4 Å². The molecule has 4 nitrogen and oxygen atoms in total. The molecule has 0 aliphatic heterocycles. The third kappa shape index (κ3) is 5.25. The Labute approximate surface area is 133 Å². The lowest BCUT2D eigenvalue weighted by Gasteiger charge is -2.11. The number of rotatable bonds is 6. The van der Waals surface area contributed by atoms with Crippen molar-refractivity contribution in [2.75, 3.05) is 17.2 Å². The topological polar surface area (TPSA) is 50.4 Å². The second-order valence-electron chi connectivity index (χ2n) is 5.12. The molecule has 0 fully saturated rings. The highest BCUT2D eigenvalue weighted by Gasteiger charge is 2.06. The first-order valence-corrected chi connectivity index (χ1v) is 7.10. The summed E-state index contributed by atoms with van der Waals surface area (Å²) in [5.41, 5.74) is 3.57. The fraction of sp³-hybridized carbons (Fsp3) is 0.235. The molecule has 0 atom stereocenters. The van der Waals surface area contributed by atoms with Gasteiger partial charge in [0, 0.05) is 11.4 Å². The number of anilines is 2. The van der Waals surface area contributed by atoms with Crippen LogP contribution in [0.3, 0.4) is 0 Å². The summed E-state index contributed by atoms with van der Waals surface area (Å²) in [5.74, 6) is -0.181. The number of carbonyl (C=O) groups excluding carboxylic acids is 1. The van der Waals surface area contributed by atoms with E-state index in [1.54, 1.807) is 0 Å². The highest BCUT2D eigenvalue weighted by atomic mass is 19.3. The molecule has 0 aliphatic rings. The Kier molecular flexibility index (Phi) is 5.51. The van der Waals surface area contributed by atoms with E-state index in [0.29, 0.717) is 5.69 Å². The van der Waals surface area contributed by atoms with E-state index in [4.69, 9.17) is 0 Å². The van der Waals surface area contributed by atoms with Crippen molar-refractivity contribution in [3.63, 3.8) is 0 Å². The third-order valence-electron chi connectivity index (χ3n) is 3.20. The van der Waals surface area contributed by atoms with Crippen LogP contribution in [-0.2, 0) is 4.79 Å². The minimum atomic E-state index is -2.86. The van der Waals surface area contributed by atoms with Crippen LogP contribution in [0.25, 0.3) is 0 Å². The molecular weight excluding hydrogens is 302 g/mol. The largest absolute Gasteiger partial charge is 0.435 e. The minimum Gasteiger partial charge on any atom is -0.435 e. The van der Waals surface area contributed by atoms with Crippen molar-refractivity contribution < 1.29 is 18.3 Å². The predicted octanol–water partition coefficient (Wildman–Crippen LogP) is 3.96. The van der Waals surface area contributed by atoms with E-state index < -0.39 is 6.61 Å². The summed E-state index contributed by atoms with van der Waals surface area (Å²) in [5, 5.41) is 5.76. The van der Waals surface area contributed by atoms with Crippen LogP contribution in [-0.4, -0.2) is 19.1 Å². The van der Waals surface area contributed by atoms with Gasteiger partial charge in [-0.2, -0.15) is 8.78 Å². The zero-order valence-electron chi connectivity index (χ0n) is 12.9. The van der Waals surface area contributed by atoms with Crippen LogP contribution in [0.5, 0.6) is 5.75 Å². The second-order valence-corrected chi connectivity index (χ2v) is 5.12. The smallest absolute Gasteiger partial charge is 0.387 e. The number of aryl methyl sites for hydroxylation is 2. The molecule has 0 bridgehead atoms. The van der Waals surface area contributed by atoms with Crippen molar-refractivity contribution in [2.45, 2.75) is 20.5 Å². The van der Waals surface area contributed by atoms with Crippen LogP contribution in [0.15, 0.2) is 42.5 Å². The van der Waals surface area contributed by atoms with E-state index in [1.165, 1.54) is 24.3 Å². The maximum atomic E-state index is 12.1. The summed E-state index contributed by atoms with van der Waals surface area (Å²) in [6.45, 7) is 1.19. The standard InChI is InChI=1S/C17H18F2N2O2/c1-11-3-4-12(2)15(9-11)20-10-16(22)21-13-5-7-14(8-6-13)23-17(18)19/h3-9,17,20H,10H2,1-2H3,(H,21,22). The van der Waals surface area contributed by atoms with E-state index in [9.17, 15) is 13.6 Å². The van der Waals surface area contributed by atoms with Gasteiger partial charge in [-0.1, -0.05) is 12.1 Å². The molecular formula is C17H18F2N2O2. The quantitative estimate of drug-likeness (QED) is 0.847. The Bertz CT molecular complexity index is 673. The Hall–Kier alpha value is -2.63. The summed E-state index contributed by atoms with van der Waals surface area (Å²) in [7, 11) is 0. The van der Waals surface area contributed by atoms with Gasteiger partial charge in [0.05, 0.1) is 6.54 Å². The molecule has 1 amide bonds. The minimum absolute atomic E-state index is 0.0477. The van der Waals surface area contributed by atoms with E-state index in [1.807, 2.05) is 32.0 Å². The van der Waals surface area contributed by atoms with Gasteiger partial charge in [-0.15, -0.1) is 0 Å². The molecule has 122 valence electrons. The zero-order valence-corrected chi connectivity index (χ0v) is 12.9. The monoisotopic (exact) mass is 320 g/mol. The number of halogens is 2. The van der Waals surface area contributed by atoms with Gasteiger partial charge in [-0.05, 0) is 55.3 Å². The van der Waals surface area contributed by atoms with E-state index in [2.05, 4.69) is 15.4 Å². The van der Waals surface area contributed by atoms with Gasteiger partial charge in [-0.25, -0.2) is 0 Å². The highest BCUT2D eigenvalue weighted by molar-refractivity contribution is 5.93. The van der Waals surface area contributed by atoms with Crippen LogP contribution in [0.4, 0.5) is 20.2 Å². The molecule has 23 heavy (non-hydrogen) atoms. The SMILES string of the molecule is Cc1ccc(C)c(NCC(=O)Nc2ccc(OC(F)F)cc2)c1. The van der Waals surface area contributed by atoms with Gasteiger partial charge in [0.25, 0.3) is 0 Å². The number of nitrogens with one attached hydrogen (secondary N) is 2. The number of ether oxygens (including phenoxy) is 1. The van der Waals surface area contributed by atoms with Crippen molar-refractivity contribution >= 4 is 17.3 Å². The third-order valence-corrected chi connectivity index (χ3v) is 3.20.